The van der Waals surface area contributed by atoms with Gasteiger partial charge in [-0.3, -0.25) is 0 Å². The van der Waals surface area contributed by atoms with Gasteiger partial charge < -0.3 is 10.4 Å². The third kappa shape index (κ3) is 3.25. The number of aliphatic hydroxyl groups is 1. The molecule has 0 saturated heterocycles. The van der Waals surface area contributed by atoms with Gasteiger partial charge in [-0.05, 0) is 45.8 Å². The highest BCUT2D eigenvalue weighted by Crippen LogP contribution is 2.27. The third-order valence-electron chi connectivity index (χ3n) is 2.64. The molecule has 2 nitrogen and oxygen atoms in total. The van der Waals surface area contributed by atoms with Crippen LogP contribution in [0.2, 0.25) is 5.02 Å². The Morgan fingerprint density at radius 1 is 1.17 bits per heavy atom. The minimum atomic E-state index is -0.169. The van der Waals surface area contributed by atoms with E-state index in [0.717, 1.165) is 15.7 Å². The molecule has 1 unspecified atom stereocenters. The van der Waals surface area contributed by atoms with Crippen molar-refractivity contribution >= 4 is 33.2 Å². The number of halogens is 2. The van der Waals surface area contributed by atoms with Crippen LogP contribution in [-0.4, -0.2) is 11.7 Å². The van der Waals surface area contributed by atoms with Crippen LogP contribution in [-0.2, 0) is 0 Å². The van der Waals surface area contributed by atoms with E-state index in [-0.39, 0.29) is 12.6 Å². The number of rotatable bonds is 4. The summed E-state index contributed by atoms with van der Waals surface area (Å²) in [6.45, 7) is 0.00680. The molecule has 0 saturated carbocycles. The zero-order chi connectivity index (χ0) is 13.0. The molecule has 0 aliphatic carbocycles. The number of aliphatic hydroxyl groups excluding tert-OH is 1. The Balaban J connectivity index is 2.20. The molecule has 0 radical (unpaired) electrons. The fourth-order valence-corrected chi connectivity index (χ4v) is 2.13. The molecule has 0 aliphatic heterocycles. The van der Waals surface area contributed by atoms with Crippen LogP contribution < -0.4 is 5.32 Å². The van der Waals surface area contributed by atoms with E-state index < -0.39 is 0 Å². The lowest BCUT2D eigenvalue weighted by molar-refractivity contribution is 0.276. The van der Waals surface area contributed by atoms with Crippen LogP contribution in [0.4, 0.5) is 5.69 Å². The second kappa shape index (κ2) is 6.23. The van der Waals surface area contributed by atoms with Crippen LogP contribution in [0, 0.1) is 0 Å². The van der Waals surface area contributed by atoms with Crippen molar-refractivity contribution < 1.29 is 5.11 Å². The topological polar surface area (TPSA) is 32.3 Å². The van der Waals surface area contributed by atoms with Gasteiger partial charge in [-0.15, -0.1) is 0 Å². The van der Waals surface area contributed by atoms with E-state index in [1.165, 1.54) is 0 Å². The van der Waals surface area contributed by atoms with Crippen LogP contribution >= 0.6 is 27.5 Å². The quantitative estimate of drug-likeness (QED) is 0.880. The van der Waals surface area contributed by atoms with E-state index in [1.807, 2.05) is 48.5 Å². The Morgan fingerprint density at radius 2 is 1.89 bits per heavy atom. The number of benzene rings is 2. The maximum atomic E-state index is 9.48. The standard InChI is InChI=1S/C14H13BrClNO/c15-12-7-6-10(8-13(12)16)14(9-18)17-11-4-2-1-3-5-11/h1-8,14,17-18H,9H2. The summed E-state index contributed by atoms with van der Waals surface area (Å²) in [6, 6.07) is 15.3. The molecule has 0 aliphatic rings. The van der Waals surface area contributed by atoms with Crippen molar-refractivity contribution in [1.29, 1.82) is 0 Å². The van der Waals surface area contributed by atoms with Gasteiger partial charge >= 0.3 is 0 Å². The summed E-state index contributed by atoms with van der Waals surface area (Å²) in [5.74, 6) is 0. The monoisotopic (exact) mass is 325 g/mol. The summed E-state index contributed by atoms with van der Waals surface area (Å²) in [6.07, 6.45) is 0. The Hall–Kier alpha value is -1.03. The number of hydrogen-bond donors (Lipinski definition) is 2. The lowest BCUT2D eigenvalue weighted by atomic mass is 10.1. The van der Waals surface area contributed by atoms with Gasteiger partial charge in [0, 0.05) is 10.2 Å². The molecule has 4 heteroatoms. The third-order valence-corrected chi connectivity index (χ3v) is 3.88. The van der Waals surface area contributed by atoms with Crippen molar-refractivity contribution in [3.8, 4) is 0 Å². The Labute approximate surface area is 120 Å². The average molecular weight is 327 g/mol. The first-order chi connectivity index (χ1) is 8.70. The first kappa shape index (κ1) is 13.4. The normalized spacial score (nSPS) is 12.2. The minimum absolute atomic E-state index is 0.00680. The van der Waals surface area contributed by atoms with E-state index in [1.54, 1.807) is 0 Å². The average Bonchev–Trinajstić information content (AvgIpc) is 2.40. The predicted octanol–water partition coefficient (Wildman–Crippen LogP) is 4.25. The zero-order valence-electron chi connectivity index (χ0n) is 9.61. The van der Waals surface area contributed by atoms with Crippen molar-refractivity contribution in [3.63, 3.8) is 0 Å². The van der Waals surface area contributed by atoms with Crippen molar-refractivity contribution in [2.45, 2.75) is 6.04 Å². The fourth-order valence-electron chi connectivity index (χ4n) is 1.70. The highest BCUT2D eigenvalue weighted by Gasteiger charge is 2.11. The highest BCUT2D eigenvalue weighted by molar-refractivity contribution is 9.10. The molecular weight excluding hydrogens is 314 g/mol. The Bertz CT molecular complexity index is 518. The molecule has 0 heterocycles. The van der Waals surface area contributed by atoms with Gasteiger partial charge in [-0.25, -0.2) is 0 Å². The van der Waals surface area contributed by atoms with E-state index in [2.05, 4.69) is 21.2 Å². The van der Waals surface area contributed by atoms with E-state index in [0.29, 0.717) is 5.02 Å². The minimum Gasteiger partial charge on any atom is -0.394 e. The van der Waals surface area contributed by atoms with Gasteiger partial charge in [-0.2, -0.15) is 0 Å². The van der Waals surface area contributed by atoms with Crippen LogP contribution in [0.25, 0.3) is 0 Å². The largest absolute Gasteiger partial charge is 0.394 e. The molecule has 2 aromatic carbocycles. The lowest BCUT2D eigenvalue weighted by Crippen LogP contribution is -2.14. The van der Waals surface area contributed by atoms with Crippen LogP contribution in [0.1, 0.15) is 11.6 Å². The van der Waals surface area contributed by atoms with E-state index in [4.69, 9.17) is 11.6 Å². The summed E-state index contributed by atoms with van der Waals surface area (Å²) in [7, 11) is 0. The summed E-state index contributed by atoms with van der Waals surface area (Å²) in [5, 5.41) is 13.4. The van der Waals surface area contributed by atoms with Crippen LogP contribution in [0.3, 0.4) is 0 Å². The molecule has 18 heavy (non-hydrogen) atoms. The summed E-state index contributed by atoms with van der Waals surface area (Å²) >= 11 is 9.41. The first-order valence-electron chi connectivity index (χ1n) is 5.58. The molecule has 2 rings (SSSR count). The van der Waals surface area contributed by atoms with Crippen molar-refractivity contribution in [3.05, 3.63) is 63.6 Å². The van der Waals surface area contributed by atoms with Gasteiger partial charge in [0.2, 0.25) is 0 Å². The van der Waals surface area contributed by atoms with Gasteiger partial charge in [0.05, 0.1) is 17.7 Å². The maximum Gasteiger partial charge on any atom is 0.0745 e. The Morgan fingerprint density at radius 3 is 2.50 bits per heavy atom. The van der Waals surface area contributed by atoms with E-state index >= 15 is 0 Å². The van der Waals surface area contributed by atoms with Gasteiger partial charge in [0.1, 0.15) is 0 Å². The molecule has 0 aromatic heterocycles. The molecule has 2 N–H and O–H groups in total. The molecule has 1 atom stereocenters. The Kier molecular flexibility index (Phi) is 4.64. The predicted molar refractivity (Wildman–Crippen MR) is 79.0 cm³/mol. The highest BCUT2D eigenvalue weighted by atomic mass is 79.9. The summed E-state index contributed by atoms with van der Waals surface area (Å²) < 4.78 is 0.851. The molecular formula is C14H13BrClNO. The van der Waals surface area contributed by atoms with Gasteiger partial charge in [0.15, 0.2) is 0 Å². The second-order valence-corrected chi connectivity index (χ2v) is 5.18. The number of anilines is 1. The van der Waals surface area contributed by atoms with Crippen LogP contribution in [0.5, 0.6) is 0 Å². The summed E-state index contributed by atoms with van der Waals surface area (Å²) in [5.41, 5.74) is 1.92. The van der Waals surface area contributed by atoms with Gasteiger partial charge in [0.25, 0.3) is 0 Å². The lowest BCUT2D eigenvalue weighted by Gasteiger charge is -2.18. The molecule has 2 aromatic rings. The summed E-state index contributed by atoms with van der Waals surface area (Å²) in [4.78, 5) is 0. The molecule has 0 fully saturated rings. The van der Waals surface area contributed by atoms with Gasteiger partial charge in [-0.1, -0.05) is 35.9 Å². The molecule has 0 amide bonds. The number of hydrogen-bond acceptors (Lipinski definition) is 2. The van der Waals surface area contributed by atoms with E-state index in [9.17, 15) is 5.11 Å². The number of nitrogens with one attached hydrogen (secondary N) is 1. The van der Waals surface area contributed by atoms with Crippen LogP contribution in [0.15, 0.2) is 53.0 Å². The molecule has 94 valence electrons. The molecule has 0 spiro atoms. The molecule has 0 bridgehead atoms. The van der Waals surface area contributed by atoms with Crippen molar-refractivity contribution in [1.82, 2.24) is 0 Å². The SMILES string of the molecule is OCC(Nc1ccccc1)c1ccc(Br)c(Cl)c1. The maximum absolute atomic E-state index is 9.48. The van der Waals surface area contributed by atoms with Crippen molar-refractivity contribution in [2.24, 2.45) is 0 Å². The van der Waals surface area contributed by atoms with Crippen molar-refractivity contribution in [2.75, 3.05) is 11.9 Å². The second-order valence-electron chi connectivity index (χ2n) is 3.92. The zero-order valence-corrected chi connectivity index (χ0v) is 11.9. The smallest absolute Gasteiger partial charge is 0.0745 e. The number of para-hydroxylation sites is 1. The first-order valence-corrected chi connectivity index (χ1v) is 6.75. The fraction of sp³-hybridized carbons (Fsp3) is 0.143.